The molecule has 2 heterocycles. The second kappa shape index (κ2) is 7.40. The summed E-state index contributed by atoms with van der Waals surface area (Å²) in [5.74, 6) is 0. The highest BCUT2D eigenvalue weighted by Gasteiger charge is 2.34. The van der Waals surface area contributed by atoms with Crippen LogP contribution in [0.3, 0.4) is 0 Å². The molecule has 2 rings (SSSR count). The summed E-state index contributed by atoms with van der Waals surface area (Å²) in [6.45, 7) is 13.9. The second-order valence-corrected chi connectivity index (χ2v) is 7.75. The van der Waals surface area contributed by atoms with Gasteiger partial charge in [-0.3, -0.25) is 9.80 Å². The highest BCUT2D eigenvalue weighted by atomic mass is 16.3. The predicted molar refractivity (Wildman–Crippen MR) is 88.6 cm³/mol. The summed E-state index contributed by atoms with van der Waals surface area (Å²) in [4.78, 5) is 5.33. The maximum Gasteiger partial charge on any atom is 0.0611 e. The maximum absolute atomic E-state index is 9.78. The van der Waals surface area contributed by atoms with Gasteiger partial charge in [-0.15, -0.1) is 0 Å². The van der Waals surface area contributed by atoms with Crippen LogP contribution in [0.15, 0.2) is 0 Å². The van der Waals surface area contributed by atoms with Crippen LogP contribution in [-0.4, -0.2) is 71.4 Å². The van der Waals surface area contributed by atoms with Gasteiger partial charge in [0.25, 0.3) is 0 Å². The fourth-order valence-electron chi connectivity index (χ4n) is 4.23. The van der Waals surface area contributed by atoms with E-state index >= 15 is 0 Å². The molecule has 2 aliphatic rings. The summed E-state index contributed by atoms with van der Waals surface area (Å²) in [6, 6.07) is 1.70. The molecular weight excluding hydrogens is 262 g/mol. The number of aliphatic hydroxyl groups excluding tert-OH is 1. The first-order valence-electron chi connectivity index (χ1n) is 8.80. The number of hydrogen-bond donors (Lipinski definition) is 2. The van der Waals surface area contributed by atoms with Crippen molar-refractivity contribution in [3.63, 3.8) is 0 Å². The summed E-state index contributed by atoms with van der Waals surface area (Å²) >= 11 is 0. The van der Waals surface area contributed by atoms with Crippen LogP contribution in [0.5, 0.6) is 0 Å². The van der Waals surface area contributed by atoms with E-state index in [-0.39, 0.29) is 12.1 Å². The predicted octanol–water partition coefficient (Wildman–Crippen LogP) is 1.68. The van der Waals surface area contributed by atoms with Crippen LogP contribution in [0, 0.1) is 0 Å². The normalized spacial score (nSPS) is 29.1. The zero-order chi connectivity index (χ0) is 15.5. The van der Waals surface area contributed by atoms with E-state index in [4.69, 9.17) is 0 Å². The molecule has 0 amide bonds. The lowest BCUT2D eigenvalue weighted by Gasteiger charge is -2.47. The van der Waals surface area contributed by atoms with E-state index in [1.807, 2.05) is 0 Å². The fraction of sp³-hybridized carbons (Fsp3) is 1.00. The molecule has 3 atom stereocenters. The van der Waals surface area contributed by atoms with Crippen molar-refractivity contribution in [3.8, 4) is 0 Å². The minimum Gasteiger partial charge on any atom is -0.394 e. The van der Waals surface area contributed by atoms with Gasteiger partial charge < -0.3 is 10.4 Å². The topological polar surface area (TPSA) is 38.7 Å². The smallest absolute Gasteiger partial charge is 0.0611 e. The standard InChI is InChI=1S/C17H35N3O/c1-14(2)18-17(4,13-21)11-15(3)20-10-9-19-8-6-5-7-16(19)12-20/h14-16,18,21H,5-13H2,1-4H3. The number of hydrogen-bond acceptors (Lipinski definition) is 4. The Bertz CT molecular complexity index is 323. The van der Waals surface area contributed by atoms with Crippen molar-refractivity contribution in [1.82, 2.24) is 15.1 Å². The summed E-state index contributed by atoms with van der Waals surface area (Å²) in [6.07, 6.45) is 5.15. The Balaban J connectivity index is 1.89. The molecule has 3 unspecified atom stereocenters. The van der Waals surface area contributed by atoms with Crippen LogP contribution >= 0.6 is 0 Å². The minimum absolute atomic E-state index is 0.169. The highest BCUT2D eigenvalue weighted by molar-refractivity contribution is 4.92. The van der Waals surface area contributed by atoms with Crippen LogP contribution in [-0.2, 0) is 0 Å². The molecule has 0 spiro atoms. The van der Waals surface area contributed by atoms with Gasteiger partial charge in [0.2, 0.25) is 0 Å². The summed E-state index contributed by atoms with van der Waals surface area (Å²) < 4.78 is 0. The molecule has 21 heavy (non-hydrogen) atoms. The van der Waals surface area contributed by atoms with Crippen molar-refractivity contribution in [2.24, 2.45) is 0 Å². The van der Waals surface area contributed by atoms with Gasteiger partial charge in [0.15, 0.2) is 0 Å². The number of piperidine rings is 1. The van der Waals surface area contributed by atoms with E-state index < -0.39 is 0 Å². The quantitative estimate of drug-likeness (QED) is 0.782. The summed E-state index contributed by atoms with van der Waals surface area (Å²) in [5, 5.41) is 13.3. The molecule has 0 radical (unpaired) electrons. The Hall–Kier alpha value is -0.160. The number of rotatable bonds is 6. The molecule has 0 aromatic carbocycles. The third-order valence-electron chi connectivity index (χ3n) is 5.22. The first kappa shape index (κ1) is 17.2. The van der Waals surface area contributed by atoms with E-state index in [9.17, 15) is 5.11 Å². The average molecular weight is 297 g/mol. The van der Waals surface area contributed by atoms with Crippen molar-refractivity contribution in [2.45, 2.75) is 77.0 Å². The van der Waals surface area contributed by atoms with Crippen molar-refractivity contribution < 1.29 is 5.11 Å². The number of aliphatic hydroxyl groups is 1. The molecular formula is C17H35N3O. The Morgan fingerprint density at radius 3 is 2.62 bits per heavy atom. The Kier molecular flexibility index (Phi) is 6.06. The van der Waals surface area contributed by atoms with Crippen LogP contribution in [0.25, 0.3) is 0 Å². The molecule has 124 valence electrons. The molecule has 4 nitrogen and oxygen atoms in total. The fourth-order valence-corrected chi connectivity index (χ4v) is 4.23. The van der Waals surface area contributed by atoms with Gasteiger partial charge in [-0.25, -0.2) is 0 Å². The van der Waals surface area contributed by atoms with Gasteiger partial charge in [-0.2, -0.15) is 0 Å². The van der Waals surface area contributed by atoms with E-state index in [0.717, 1.165) is 12.5 Å². The molecule has 2 N–H and O–H groups in total. The SMILES string of the molecule is CC(C)NC(C)(CO)CC(C)N1CCN2CCCCC2C1. The van der Waals surface area contributed by atoms with E-state index in [2.05, 4.69) is 42.8 Å². The number of nitrogens with one attached hydrogen (secondary N) is 1. The lowest BCUT2D eigenvalue weighted by molar-refractivity contribution is 0.0182. The average Bonchev–Trinajstić information content (AvgIpc) is 2.45. The van der Waals surface area contributed by atoms with Gasteiger partial charge >= 0.3 is 0 Å². The lowest BCUT2D eigenvalue weighted by atomic mass is 9.91. The molecule has 0 aromatic rings. The minimum atomic E-state index is -0.169. The van der Waals surface area contributed by atoms with E-state index in [0.29, 0.717) is 12.1 Å². The highest BCUT2D eigenvalue weighted by Crippen LogP contribution is 2.24. The van der Waals surface area contributed by atoms with Gasteiger partial charge in [0.1, 0.15) is 0 Å². The van der Waals surface area contributed by atoms with Crippen molar-refractivity contribution in [1.29, 1.82) is 0 Å². The Labute approximate surface area is 130 Å². The molecule has 0 saturated carbocycles. The molecule has 0 aromatic heterocycles. The number of piperazine rings is 1. The van der Waals surface area contributed by atoms with Gasteiger partial charge in [-0.05, 0) is 39.7 Å². The van der Waals surface area contributed by atoms with Gasteiger partial charge in [0, 0.05) is 43.3 Å². The van der Waals surface area contributed by atoms with Gasteiger partial charge in [-0.1, -0.05) is 20.3 Å². The molecule has 0 bridgehead atoms. The summed E-state index contributed by atoms with van der Waals surface area (Å²) in [7, 11) is 0. The molecule has 2 aliphatic heterocycles. The Morgan fingerprint density at radius 2 is 1.95 bits per heavy atom. The summed E-state index contributed by atoms with van der Waals surface area (Å²) in [5.41, 5.74) is -0.169. The van der Waals surface area contributed by atoms with E-state index in [1.54, 1.807) is 0 Å². The van der Waals surface area contributed by atoms with E-state index in [1.165, 1.54) is 45.4 Å². The Morgan fingerprint density at radius 1 is 1.19 bits per heavy atom. The first-order chi connectivity index (χ1) is 9.93. The molecule has 2 saturated heterocycles. The third kappa shape index (κ3) is 4.65. The van der Waals surface area contributed by atoms with Crippen LogP contribution in [0.2, 0.25) is 0 Å². The van der Waals surface area contributed by atoms with Gasteiger partial charge in [0.05, 0.1) is 6.61 Å². The molecule has 0 aliphatic carbocycles. The van der Waals surface area contributed by atoms with Crippen molar-refractivity contribution in [2.75, 3.05) is 32.8 Å². The van der Waals surface area contributed by atoms with Crippen molar-refractivity contribution in [3.05, 3.63) is 0 Å². The van der Waals surface area contributed by atoms with Crippen LogP contribution in [0.1, 0.15) is 53.4 Å². The first-order valence-corrected chi connectivity index (χ1v) is 8.80. The zero-order valence-electron chi connectivity index (χ0n) is 14.4. The third-order valence-corrected chi connectivity index (χ3v) is 5.22. The van der Waals surface area contributed by atoms with Crippen LogP contribution in [0.4, 0.5) is 0 Å². The largest absolute Gasteiger partial charge is 0.394 e. The lowest BCUT2D eigenvalue weighted by Crippen LogP contribution is -2.59. The molecule has 2 fully saturated rings. The number of fused-ring (bicyclic) bond motifs is 1. The van der Waals surface area contributed by atoms with Crippen LogP contribution < -0.4 is 5.32 Å². The van der Waals surface area contributed by atoms with Crippen molar-refractivity contribution >= 4 is 0 Å². The monoisotopic (exact) mass is 297 g/mol. The maximum atomic E-state index is 9.78. The second-order valence-electron chi connectivity index (χ2n) is 7.75. The zero-order valence-corrected chi connectivity index (χ0v) is 14.4. The molecule has 4 heteroatoms. The number of nitrogens with zero attached hydrogens (tertiary/aromatic N) is 2.